The van der Waals surface area contributed by atoms with E-state index in [0.717, 1.165) is 53.1 Å². The van der Waals surface area contributed by atoms with E-state index in [-0.39, 0.29) is 29.0 Å². The second kappa shape index (κ2) is 13.5. The fourth-order valence-electron chi connectivity index (χ4n) is 5.21. The van der Waals surface area contributed by atoms with Crippen molar-refractivity contribution in [3.05, 3.63) is 94.8 Å². The van der Waals surface area contributed by atoms with E-state index in [1.807, 2.05) is 26.8 Å². The van der Waals surface area contributed by atoms with Crippen molar-refractivity contribution in [2.75, 3.05) is 10.8 Å². The molecule has 0 heterocycles. The van der Waals surface area contributed by atoms with E-state index in [1.54, 1.807) is 49.4 Å². The van der Waals surface area contributed by atoms with E-state index in [1.165, 1.54) is 23.1 Å². The molecule has 0 radical (unpaired) electrons. The van der Waals surface area contributed by atoms with Crippen LogP contribution in [-0.2, 0) is 26.2 Å². The van der Waals surface area contributed by atoms with Gasteiger partial charge in [-0.1, -0.05) is 61.2 Å². The fraction of sp³-hybridized carbons (Fsp3) is 0.394. The van der Waals surface area contributed by atoms with Crippen LogP contribution in [0.4, 0.5) is 10.1 Å². The van der Waals surface area contributed by atoms with Gasteiger partial charge in [-0.15, -0.1) is 0 Å². The molecule has 1 unspecified atom stereocenters. The number of sulfonamides is 1. The van der Waals surface area contributed by atoms with Gasteiger partial charge < -0.3 is 10.2 Å². The van der Waals surface area contributed by atoms with Crippen LogP contribution in [-0.4, -0.2) is 43.8 Å². The Morgan fingerprint density at radius 1 is 0.929 bits per heavy atom. The maximum atomic E-state index is 14.8. The Morgan fingerprint density at radius 2 is 1.60 bits per heavy atom. The summed E-state index contributed by atoms with van der Waals surface area (Å²) in [5.41, 5.74) is 3.32. The highest BCUT2D eigenvalue weighted by atomic mass is 32.2. The number of rotatable bonds is 10. The average molecular weight is 594 g/mol. The van der Waals surface area contributed by atoms with E-state index >= 15 is 0 Å². The molecule has 0 aliphatic heterocycles. The first-order valence-electron chi connectivity index (χ1n) is 14.5. The van der Waals surface area contributed by atoms with Gasteiger partial charge in [-0.3, -0.25) is 13.9 Å². The molecule has 0 bridgehead atoms. The Kier molecular flexibility index (Phi) is 10.0. The first-order chi connectivity index (χ1) is 20.0. The van der Waals surface area contributed by atoms with Crippen LogP contribution in [0.5, 0.6) is 0 Å². The molecule has 1 saturated carbocycles. The number of carbonyl (C=O) groups excluding carboxylic acids is 2. The zero-order chi connectivity index (χ0) is 30.4. The number of benzene rings is 3. The Balaban J connectivity index is 1.70. The minimum atomic E-state index is -4.17. The fourth-order valence-corrected chi connectivity index (χ4v) is 6.61. The third kappa shape index (κ3) is 7.37. The van der Waals surface area contributed by atoms with Crippen LogP contribution in [0.1, 0.15) is 61.3 Å². The number of aryl methyl sites for hydroxylation is 3. The third-order valence-electron chi connectivity index (χ3n) is 8.08. The van der Waals surface area contributed by atoms with Crippen LogP contribution in [0, 0.1) is 26.6 Å². The number of hydrogen-bond donors (Lipinski definition) is 1. The van der Waals surface area contributed by atoms with Crippen LogP contribution >= 0.6 is 0 Å². The van der Waals surface area contributed by atoms with Gasteiger partial charge >= 0.3 is 0 Å². The molecular formula is C33H40FN3O4S. The van der Waals surface area contributed by atoms with Gasteiger partial charge in [-0.05, 0) is 82.0 Å². The van der Waals surface area contributed by atoms with Gasteiger partial charge in [-0.25, -0.2) is 12.8 Å². The zero-order valence-corrected chi connectivity index (χ0v) is 25.6. The monoisotopic (exact) mass is 593 g/mol. The number of nitrogens with zero attached hydrogens (tertiary/aromatic N) is 2. The van der Waals surface area contributed by atoms with Crippen molar-refractivity contribution in [1.82, 2.24) is 10.2 Å². The van der Waals surface area contributed by atoms with Gasteiger partial charge in [0.2, 0.25) is 11.8 Å². The van der Waals surface area contributed by atoms with Crippen LogP contribution in [0.2, 0.25) is 0 Å². The quantitative estimate of drug-likeness (QED) is 0.321. The first-order valence-corrected chi connectivity index (χ1v) is 15.9. The second-order valence-electron chi connectivity index (χ2n) is 11.2. The highest BCUT2D eigenvalue weighted by molar-refractivity contribution is 7.92. The van der Waals surface area contributed by atoms with Crippen LogP contribution in [0.25, 0.3) is 0 Å². The third-order valence-corrected chi connectivity index (χ3v) is 9.87. The molecule has 4 rings (SSSR count). The van der Waals surface area contributed by atoms with Crippen molar-refractivity contribution >= 4 is 27.5 Å². The van der Waals surface area contributed by atoms with Gasteiger partial charge in [0.25, 0.3) is 10.0 Å². The highest BCUT2D eigenvalue weighted by Crippen LogP contribution is 2.27. The maximum Gasteiger partial charge on any atom is 0.264 e. The standard InChI is InChI=1S/C33H40FN3O4S/c1-23-14-18-30(19-15-23)42(40,41)37(29-17-16-24(2)25(3)20-29)22-32(38)36(21-27-10-8-9-13-31(27)34)26(4)33(39)35-28-11-6-5-7-12-28/h8-10,13-20,26,28H,5-7,11-12,21-22H2,1-4H3,(H,35,39). The maximum absolute atomic E-state index is 14.8. The van der Waals surface area contributed by atoms with Crippen molar-refractivity contribution in [2.24, 2.45) is 0 Å². The van der Waals surface area contributed by atoms with E-state index in [4.69, 9.17) is 0 Å². The highest BCUT2D eigenvalue weighted by Gasteiger charge is 2.33. The second-order valence-corrected chi connectivity index (χ2v) is 13.1. The Labute approximate surface area is 248 Å². The smallest absolute Gasteiger partial charge is 0.264 e. The summed E-state index contributed by atoms with van der Waals surface area (Å²) in [5.74, 6) is -1.46. The molecule has 42 heavy (non-hydrogen) atoms. The van der Waals surface area contributed by atoms with Crippen molar-refractivity contribution < 1.29 is 22.4 Å². The minimum absolute atomic E-state index is 0.0214. The molecule has 1 N–H and O–H groups in total. The van der Waals surface area contributed by atoms with E-state index in [2.05, 4.69) is 5.32 Å². The van der Waals surface area contributed by atoms with Crippen molar-refractivity contribution in [1.29, 1.82) is 0 Å². The van der Waals surface area contributed by atoms with Gasteiger partial charge in [0.15, 0.2) is 0 Å². The zero-order valence-electron chi connectivity index (χ0n) is 24.8. The lowest BCUT2D eigenvalue weighted by atomic mass is 9.95. The van der Waals surface area contributed by atoms with Crippen LogP contribution in [0.3, 0.4) is 0 Å². The molecular weight excluding hydrogens is 553 g/mol. The molecule has 7 nitrogen and oxygen atoms in total. The predicted octanol–water partition coefficient (Wildman–Crippen LogP) is 5.81. The molecule has 1 aliphatic rings. The summed E-state index contributed by atoms with van der Waals surface area (Å²) in [6, 6.07) is 16.8. The molecule has 2 amide bonds. The summed E-state index contributed by atoms with van der Waals surface area (Å²) < 4.78 is 43.8. The molecule has 1 aliphatic carbocycles. The number of anilines is 1. The minimum Gasteiger partial charge on any atom is -0.352 e. The Morgan fingerprint density at radius 3 is 2.24 bits per heavy atom. The Hall–Kier alpha value is -3.72. The molecule has 0 saturated heterocycles. The van der Waals surface area contributed by atoms with Gasteiger partial charge in [0.1, 0.15) is 18.4 Å². The van der Waals surface area contributed by atoms with E-state index in [0.29, 0.717) is 5.69 Å². The summed E-state index contributed by atoms with van der Waals surface area (Å²) in [6.45, 7) is 6.52. The lowest BCUT2D eigenvalue weighted by Gasteiger charge is -2.33. The Bertz CT molecular complexity index is 1520. The summed E-state index contributed by atoms with van der Waals surface area (Å²) in [5, 5.41) is 3.06. The first kappa shape index (κ1) is 31.2. The summed E-state index contributed by atoms with van der Waals surface area (Å²) in [4.78, 5) is 28.8. The van der Waals surface area contributed by atoms with Gasteiger partial charge in [-0.2, -0.15) is 0 Å². The predicted molar refractivity (Wildman–Crippen MR) is 163 cm³/mol. The molecule has 1 atom stereocenters. The molecule has 9 heteroatoms. The number of carbonyl (C=O) groups is 2. The molecule has 0 spiro atoms. The lowest BCUT2D eigenvalue weighted by Crippen LogP contribution is -2.53. The van der Waals surface area contributed by atoms with Gasteiger partial charge in [0, 0.05) is 18.2 Å². The van der Waals surface area contributed by atoms with Crippen LogP contribution in [0.15, 0.2) is 71.6 Å². The number of amides is 2. The normalized spacial score (nSPS) is 14.7. The summed E-state index contributed by atoms with van der Waals surface area (Å²) in [6.07, 6.45) is 4.92. The number of hydrogen-bond acceptors (Lipinski definition) is 4. The van der Waals surface area contributed by atoms with Crippen molar-refractivity contribution in [3.63, 3.8) is 0 Å². The lowest BCUT2D eigenvalue weighted by molar-refractivity contribution is -0.139. The average Bonchev–Trinajstić information content (AvgIpc) is 2.97. The van der Waals surface area contributed by atoms with Crippen molar-refractivity contribution in [2.45, 2.75) is 83.3 Å². The number of nitrogens with one attached hydrogen (secondary N) is 1. The SMILES string of the molecule is Cc1ccc(S(=O)(=O)N(CC(=O)N(Cc2ccccc2F)C(C)C(=O)NC2CCCCC2)c2ccc(C)c(C)c2)cc1. The summed E-state index contributed by atoms with van der Waals surface area (Å²) >= 11 is 0. The topological polar surface area (TPSA) is 86.8 Å². The number of halogens is 1. The summed E-state index contributed by atoms with van der Waals surface area (Å²) in [7, 11) is -4.17. The van der Waals surface area contributed by atoms with Crippen LogP contribution < -0.4 is 9.62 Å². The molecule has 3 aromatic carbocycles. The van der Waals surface area contributed by atoms with E-state index in [9.17, 15) is 22.4 Å². The van der Waals surface area contributed by atoms with Crippen molar-refractivity contribution in [3.8, 4) is 0 Å². The molecule has 3 aromatic rings. The molecule has 224 valence electrons. The molecule has 1 fully saturated rings. The van der Waals surface area contributed by atoms with E-state index < -0.39 is 34.3 Å². The molecule has 0 aromatic heterocycles. The largest absolute Gasteiger partial charge is 0.352 e. The van der Waals surface area contributed by atoms with Gasteiger partial charge in [0.05, 0.1) is 10.6 Å².